The van der Waals surface area contributed by atoms with E-state index < -0.39 is 0 Å². The molecule has 0 radical (unpaired) electrons. The van der Waals surface area contributed by atoms with Crippen LogP contribution >= 0.6 is 0 Å². The second-order valence-corrected chi connectivity index (χ2v) is 5.25. The first kappa shape index (κ1) is 14.1. The van der Waals surface area contributed by atoms with Crippen molar-refractivity contribution in [3.63, 3.8) is 0 Å². The summed E-state index contributed by atoms with van der Waals surface area (Å²) < 4.78 is 5.96. The van der Waals surface area contributed by atoms with Gasteiger partial charge in [0.1, 0.15) is 12.4 Å². The van der Waals surface area contributed by atoms with E-state index in [-0.39, 0.29) is 0 Å². The molecule has 0 fully saturated rings. The second-order valence-electron chi connectivity index (χ2n) is 5.25. The van der Waals surface area contributed by atoms with Crippen molar-refractivity contribution in [3.05, 3.63) is 64.7 Å². The molecule has 0 aromatic heterocycles. The minimum Gasteiger partial charge on any atom is -0.489 e. The van der Waals surface area contributed by atoms with Gasteiger partial charge < -0.3 is 4.74 Å². The molecule has 0 aliphatic carbocycles. The van der Waals surface area contributed by atoms with Crippen molar-refractivity contribution in [2.24, 2.45) is 0 Å². The van der Waals surface area contributed by atoms with E-state index in [0.717, 1.165) is 11.3 Å². The number of hydrogen-bond donors (Lipinski definition) is 0. The molecule has 2 nitrogen and oxygen atoms in total. The lowest BCUT2D eigenvalue weighted by atomic mass is 10.0. The van der Waals surface area contributed by atoms with Gasteiger partial charge in [0.2, 0.25) is 0 Å². The van der Waals surface area contributed by atoms with Crippen molar-refractivity contribution < 1.29 is 4.74 Å². The van der Waals surface area contributed by atoms with Gasteiger partial charge in [0.25, 0.3) is 0 Å². The highest BCUT2D eigenvalue weighted by molar-refractivity contribution is 5.40. The Labute approximate surface area is 120 Å². The molecule has 2 aromatic rings. The summed E-state index contributed by atoms with van der Waals surface area (Å²) in [5, 5.41) is 9.10. The molecule has 0 spiro atoms. The number of hydrogen-bond acceptors (Lipinski definition) is 2. The molecule has 0 unspecified atom stereocenters. The van der Waals surface area contributed by atoms with Crippen molar-refractivity contribution in [3.8, 4) is 11.8 Å². The predicted molar refractivity (Wildman–Crippen MR) is 80.8 cm³/mol. The van der Waals surface area contributed by atoms with E-state index in [9.17, 15) is 0 Å². The third kappa shape index (κ3) is 3.19. The average molecular weight is 265 g/mol. The van der Waals surface area contributed by atoms with E-state index in [2.05, 4.69) is 45.0 Å². The molecule has 0 heterocycles. The molecular formula is C18H19NO. The maximum atomic E-state index is 9.10. The molecule has 20 heavy (non-hydrogen) atoms. The van der Waals surface area contributed by atoms with Gasteiger partial charge in [-0.1, -0.05) is 44.2 Å². The minimum absolute atomic E-state index is 0.414. The quantitative estimate of drug-likeness (QED) is 0.811. The number of aryl methyl sites for hydroxylation is 1. The Hall–Kier alpha value is -2.27. The van der Waals surface area contributed by atoms with Crippen LogP contribution in [0.5, 0.6) is 5.75 Å². The van der Waals surface area contributed by atoms with Gasteiger partial charge in [0, 0.05) is 5.56 Å². The molecule has 0 atom stereocenters. The number of benzene rings is 2. The summed E-state index contributed by atoms with van der Waals surface area (Å²) in [6, 6.07) is 16.0. The average Bonchev–Trinajstić information content (AvgIpc) is 2.45. The first-order valence-electron chi connectivity index (χ1n) is 6.83. The largest absolute Gasteiger partial charge is 0.489 e. The van der Waals surface area contributed by atoms with Crippen molar-refractivity contribution in [2.75, 3.05) is 0 Å². The third-order valence-corrected chi connectivity index (χ3v) is 3.31. The van der Waals surface area contributed by atoms with E-state index in [0.29, 0.717) is 18.1 Å². The first-order valence-corrected chi connectivity index (χ1v) is 6.83. The fourth-order valence-electron chi connectivity index (χ4n) is 2.15. The van der Waals surface area contributed by atoms with Crippen LogP contribution < -0.4 is 4.74 Å². The molecule has 2 heteroatoms. The molecule has 0 saturated heterocycles. The molecule has 0 amide bonds. The Morgan fingerprint density at radius 3 is 2.60 bits per heavy atom. The van der Waals surface area contributed by atoms with Crippen LogP contribution in [0.15, 0.2) is 42.5 Å². The SMILES string of the molecule is Cc1ccc(C(C)C)c(OCc2ccccc2C#N)c1. The van der Waals surface area contributed by atoms with Gasteiger partial charge in [-0.2, -0.15) is 5.26 Å². The van der Waals surface area contributed by atoms with Crippen LogP contribution in [0, 0.1) is 18.3 Å². The summed E-state index contributed by atoms with van der Waals surface area (Å²) in [6.45, 7) is 6.79. The minimum atomic E-state index is 0.414. The summed E-state index contributed by atoms with van der Waals surface area (Å²) in [4.78, 5) is 0. The van der Waals surface area contributed by atoms with Gasteiger partial charge in [-0.25, -0.2) is 0 Å². The number of ether oxygens (including phenoxy) is 1. The summed E-state index contributed by atoms with van der Waals surface area (Å²) in [5.74, 6) is 1.32. The Balaban J connectivity index is 2.23. The highest BCUT2D eigenvalue weighted by Gasteiger charge is 2.09. The molecular weight excluding hydrogens is 246 g/mol. The highest BCUT2D eigenvalue weighted by atomic mass is 16.5. The zero-order valence-electron chi connectivity index (χ0n) is 12.2. The van der Waals surface area contributed by atoms with Gasteiger partial charge in [-0.3, -0.25) is 0 Å². The number of nitriles is 1. The monoisotopic (exact) mass is 265 g/mol. The summed E-state index contributed by atoms with van der Waals surface area (Å²) in [5.41, 5.74) is 3.97. The lowest BCUT2D eigenvalue weighted by Gasteiger charge is -2.15. The Morgan fingerprint density at radius 2 is 1.90 bits per heavy atom. The van der Waals surface area contributed by atoms with E-state index in [4.69, 9.17) is 10.00 Å². The Kier molecular flexibility index (Phi) is 4.42. The van der Waals surface area contributed by atoms with Gasteiger partial charge in [-0.05, 0) is 36.1 Å². The number of rotatable bonds is 4. The molecule has 0 aliphatic heterocycles. The first-order chi connectivity index (χ1) is 9.61. The fourth-order valence-corrected chi connectivity index (χ4v) is 2.15. The maximum Gasteiger partial charge on any atom is 0.123 e. The van der Waals surface area contributed by atoms with Crippen LogP contribution in [0.3, 0.4) is 0 Å². The predicted octanol–water partition coefficient (Wildman–Crippen LogP) is 4.57. The van der Waals surface area contributed by atoms with Crippen molar-refractivity contribution in [1.82, 2.24) is 0 Å². The van der Waals surface area contributed by atoms with Crippen molar-refractivity contribution >= 4 is 0 Å². The van der Waals surface area contributed by atoms with Gasteiger partial charge >= 0.3 is 0 Å². The van der Waals surface area contributed by atoms with E-state index in [1.165, 1.54) is 11.1 Å². The van der Waals surface area contributed by atoms with Crippen LogP contribution in [0.1, 0.15) is 42.0 Å². The Morgan fingerprint density at radius 1 is 1.15 bits per heavy atom. The molecule has 2 rings (SSSR count). The van der Waals surface area contributed by atoms with Crippen molar-refractivity contribution in [1.29, 1.82) is 5.26 Å². The zero-order chi connectivity index (χ0) is 14.5. The number of nitrogens with zero attached hydrogens (tertiary/aromatic N) is 1. The van der Waals surface area contributed by atoms with E-state index >= 15 is 0 Å². The smallest absolute Gasteiger partial charge is 0.123 e. The van der Waals surface area contributed by atoms with Crippen LogP contribution in [-0.4, -0.2) is 0 Å². The van der Waals surface area contributed by atoms with E-state index in [1.807, 2.05) is 24.3 Å². The van der Waals surface area contributed by atoms with Gasteiger partial charge in [0.15, 0.2) is 0 Å². The molecule has 102 valence electrons. The third-order valence-electron chi connectivity index (χ3n) is 3.31. The highest BCUT2D eigenvalue weighted by Crippen LogP contribution is 2.28. The fraction of sp³-hybridized carbons (Fsp3) is 0.278. The van der Waals surface area contributed by atoms with Crippen LogP contribution in [0.25, 0.3) is 0 Å². The van der Waals surface area contributed by atoms with Crippen molar-refractivity contribution in [2.45, 2.75) is 33.3 Å². The Bertz CT molecular complexity index is 638. The normalized spacial score (nSPS) is 10.3. The molecule has 2 aromatic carbocycles. The van der Waals surface area contributed by atoms with Crippen LogP contribution in [0.4, 0.5) is 0 Å². The summed E-state index contributed by atoms with van der Waals surface area (Å²) >= 11 is 0. The molecule has 0 N–H and O–H groups in total. The van der Waals surface area contributed by atoms with Gasteiger partial charge in [0.05, 0.1) is 11.6 Å². The lowest BCUT2D eigenvalue weighted by Crippen LogP contribution is -2.02. The second kappa shape index (κ2) is 6.25. The molecule has 0 saturated carbocycles. The summed E-state index contributed by atoms with van der Waals surface area (Å²) in [6.07, 6.45) is 0. The zero-order valence-corrected chi connectivity index (χ0v) is 12.2. The maximum absolute atomic E-state index is 9.10. The molecule has 0 aliphatic rings. The van der Waals surface area contributed by atoms with E-state index in [1.54, 1.807) is 0 Å². The van der Waals surface area contributed by atoms with Gasteiger partial charge in [-0.15, -0.1) is 0 Å². The standard InChI is InChI=1S/C18H19NO/c1-13(2)17-9-8-14(3)10-18(17)20-12-16-7-5-4-6-15(16)11-19/h4-10,13H,12H2,1-3H3. The summed E-state index contributed by atoms with van der Waals surface area (Å²) in [7, 11) is 0. The topological polar surface area (TPSA) is 33.0 Å². The van der Waals surface area contributed by atoms with Crippen LogP contribution in [-0.2, 0) is 6.61 Å². The van der Waals surface area contributed by atoms with Crippen LogP contribution in [0.2, 0.25) is 0 Å². The molecule has 0 bridgehead atoms. The lowest BCUT2D eigenvalue weighted by molar-refractivity contribution is 0.301.